The number of hydrogen-bond acceptors (Lipinski definition) is 5. The Balaban J connectivity index is 1.34. The summed E-state index contributed by atoms with van der Waals surface area (Å²) in [6.07, 6.45) is 1.65. The number of furan rings is 1. The molecule has 0 fully saturated rings. The summed E-state index contributed by atoms with van der Waals surface area (Å²) in [5.74, 6) is 1.62. The van der Waals surface area contributed by atoms with Crippen molar-refractivity contribution in [1.82, 2.24) is 14.8 Å². The third kappa shape index (κ3) is 4.94. The maximum absolute atomic E-state index is 12.9. The zero-order valence-electron chi connectivity index (χ0n) is 18.3. The predicted molar refractivity (Wildman–Crippen MR) is 134 cm³/mol. The molecule has 0 saturated heterocycles. The van der Waals surface area contributed by atoms with E-state index in [2.05, 4.69) is 15.5 Å². The number of carbonyl (C=O) groups is 1. The summed E-state index contributed by atoms with van der Waals surface area (Å²) in [5, 5.41) is 12.5. The molecule has 0 unspecified atom stereocenters. The number of thioether (sulfide) groups is 1. The van der Waals surface area contributed by atoms with Crippen LogP contribution in [-0.2, 0) is 11.3 Å². The number of amides is 1. The van der Waals surface area contributed by atoms with Gasteiger partial charge in [0.05, 0.1) is 18.6 Å². The second-order valence-electron chi connectivity index (χ2n) is 7.59. The average molecular weight is 467 g/mol. The van der Waals surface area contributed by atoms with E-state index in [1.54, 1.807) is 6.26 Å². The lowest BCUT2D eigenvalue weighted by molar-refractivity contribution is -0.113. The van der Waals surface area contributed by atoms with E-state index < -0.39 is 0 Å². The first-order chi connectivity index (χ1) is 16.8. The van der Waals surface area contributed by atoms with E-state index in [1.807, 2.05) is 102 Å². The molecular formula is C27H22N4O2S. The first-order valence-corrected chi connectivity index (χ1v) is 11.8. The molecule has 0 spiro atoms. The topological polar surface area (TPSA) is 73.0 Å². The van der Waals surface area contributed by atoms with Crippen LogP contribution in [-0.4, -0.2) is 26.4 Å². The lowest BCUT2D eigenvalue weighted by atomic mass is 10.0. The van der Waals surface area contributed by atoms with Crippen molar-refractivity contribution in [1.29, 1.82) is 0 Å². The van der Waals surface area contributed by atoms with Crippen molar-refractivity contribution in [3.63, 3.8) is 0 Å². The van der Waals surface area contributed by atoms with Crippen LogP contribution in [0.15, 0.2) is 113 Å². The molecule has 3 aromatic carbocycles. The molecule has 1 N–H and O–H groups in total. The van der Waals surface area contributed by atoms with Gasteiger partial charge in [0.2, 0.25) is 5.91 Å². The number of para-hydroxylation sites is 1. The lowest BCUT2D eigenvalue weighted by Gasteiger charge is -2.12. The van der Waals surface area contributed by atoms with Crippen LogP contribution in [0.5, 0.6) is 0 Å². The van der Waals surface area contributed by atoms with Gasteiger partial charge in [0.15, 0.2) is 11.0 Å². The smallest absolute Gasteiger partial charge is 0.234 e. The van der Waals surface area contributed by atoms with Gasteiger partial charge in [-0.25, -0.2) is 0 Å². The molecule has 2 heterocycles. The van der Waals surface area contributed by atoms with Gasteiger partial charge >= 0.3 is 0 Å². The van der Waals surface area contributed by atoms with Crippen molar-refractivity contribution in [2.75, 3.05) is 11.1 Å². The van der Waals surface area contributed by atoms with E-state index in [1.165, 1.54) is 11.8 Å². The minimum atomic E-state index is -0.109. The molecule has 0 bridgehead atoms. The van der Waals surface area contributed by atoms with Gasteiger partial charge in [-0.2, -0.15) is 0 Å². The molecule has 168 valence electrons. The average Bonchev–Trinajstić information content (AvgIpc) is 3.55. The molecule has 5 aromatic rings. The highest BCUT2D eigenvalue weighted by Crippen LogP contribution is 2.29. The van der Waals surface area contributed by atoms with Crippen LogP contribution >= 0.6 is 11.8 Å². The number of anilines is 1. The van der Waals surface area contributed by atoms with Gasteiger partial charge < -0.3 is 9.73 Å². The van der Waals surface area contributed by atoms with E-state index in [4.69, 9.17) is 4.42 Å². The molecule has 0 radical (unpaired) electrons. The van der Waals surface area contributed by atoms with Gasteiger partial charge in [-0.3, -0.25) is 9.36 Å². The van der Waals surface area contributed by atoms with E-state index in [0.717, 1.165) is 34.0 Å². The summed E-state index contributed by atoms with van der Waals surface area (Å²) in [5.41, 5.74) is 3.77. The predicted octanol–water partition coefficient (Wildman–Crippen LogP) is 5.98. The molecule has 34 heavy (non-hydrogen) atoms. The van der Waals surface area contributed by atoms with Gasteiger partial charge in [0, 0.05) is 16.8 Å². The number of rotatable bonds is 8. The van der Waals surface area contributed by atoms with Crippen molar-refractivity contribution in [3.8, 4) is 22.5 Å². The number of nitrogens with zero attached hydrogens (tertiary/aromatic N) is 3. The Bertz CT molecular complexity index is 1370. The Kier molecular flexibility index (Phi) is 6.54. The zero-order chi connectivity index (χ0) is 23.2. The molecule has 0 aliphatic heterocycles. The van der Waals surface area contributed by atoms with Gasteiger partial charge in [0.25, 0.3) is 0 Å². The minimum absolute atomic E-state index is 0.109. The largest absolute Gasteiger partial charge is 0.467 e. The van der Waals surface area contributed by atoms with E-state index in [0.29, 0.717) is 11.7 Å². The maximum atomic E-state index is 12.9. The fraction of sp³-hybridized carbons (Fsp3) is 0.0741. The molecular weight excluding hydrogens is 444 g/mol. The summed E-state index contributed by atoms with van der Waals surface area (Å²) in [4.78, 5) is 12.9. The standard InChI is InChI=1S/C27H22N4O2S/c32-25(28-24-16-8-7-15-23(24)20-10-3-1-4-11-20)19-34-27-30-29-26(21-12-5-2-6-13-21)31(27)18-22-14-9-17-33-22/h1-17H,18-19H2,(H,28,32). The molecule has 0 aliphatic rings. The van der Waals surface area contributed by atoms with Crippen LogP contribution < -0.4 is 5.32 Å². The van der Waals surface area contributed by atoms with Crippen molar-refractivity contribution in [3.05, 3.63) is 109 Å². The number of carbonyl (C=O) groups excluding carboxylic acids is 1. The Morgan fingerprint density at radius 3 is 2.26 bits per heavy atom. The molecule has 1 amide bonds. The molecule has 7 heteroatoms. The normalized spacial score (nSPS) is 10.8. The van der Waals surface area contributed by atoms with Gasteiger partial charge in [0.1, 0.15) is 5.76 Å². The van der Waals surface area contributed by atoms with Crippen LogP contribution in [0, 0.1) is 0 Å². The van der Waals surface area contributed by atoms with E-state index >= 15 is 0 Å². The number of hydrogen-bond donors (Lipinski definition) is 1. The van der Waals surface area contributed by atoms with Gasteiger partial charge in [-0.15, -0.1) is 10.2 Å². The molecule has 0 saturated carbocycles. The van der Waals surface area contributed by atoms with Crippen LogP contribution in [0.1, 0.15) is 5.76 Å². The van der Waals surface area contributed by atoms with E-state index in [-0.39, 0.29) is 11.7 Å². The van der Waals surface area contributed by atoms with E-state index in [9.17, 15) is 4.79 Å². The zero-order valence-corrected chi connectivity index (χ0v) is 19.1. The van der Waals surface area contributed by atoms with Crippen LogP contribution in [0.4, 0.5) is 5.69 Å². The van der Waals surface area contributed by atoms with Crippen molar-refractivity contribution < 1.29 is 9.21 Å². The van der Waals surface area contributed by atoms with Gasteiger partial charge in [-0.1, -0.05) is 90.6 Å². The number of benzene rings is 3. The SMILES string of the molecule is O=C(CSc1nnc(-c2ccccc2)n1Cc1ccco1)Nc1ccccc1-c1ccccc1. The van der Waals surface area contributed by atoms with Crippen molar-refractivity contribution in [2.45, 2.75) is 11.7 Å². The van der Waals surface area contributed by atoms with Crippen LogP contribution in [0.2, 0.25) is 0 Å². The Morgan fingerprint density at radius 1 is 0.824 bits per heavy atom. The first-order valence-electron chi connectivity index (χ1n) is 10.9. The monoisotopic (exact) mass is 466 g/mol. The quantitative estimate of drug-likeness (QED) is 0.285. The lowest BCUT2D eigenvalue weighted by Crippen LogP contribution is -2.15. The number of aromatic nitrogens is 3. The highest BCUT2D eigenvalue weighted by Gasteiger charge is 2.17. The molecule has 0 aliphatic carbocycles. The highest BCUT2D eigenvalue weighted by atomic mass is 32.2. The summed E-state index contributed by atoms with van der Waals surface area (Å²) in [6.45, 7) is 0.477. The summed E-state index contributed by atoms with van der Waals surface area (Å²) < 4.78 is 7.52. The third-order valence-electron chi connectivity index (χ3n) is 5.26. The fourth-order valence-electron chi connectivity index (χ4n) is 3.68. The van der Waals surface area contributed by atoms with Gasteiger partial charge in [-0.05, 0) is 23.8 Å². The summed E-state index contributed by atoms with van der Waals surface area (Å²) in [7, 11) is 0. The second kappa shape index (κ2) is 10.2. The Morgan fingerprint density at radius 2 is 1.53 bits per heavy atom. The third-order valence-corrected chi connectivity index (χ3v) is 6.23. The molecule has 2 aromatic heterocycles. The summed E-state index contributed by atoms with van der Waals surface area (Å²) in [6, 6.07) is 31.4. The maximum Gasteiger partial charge on any atom is 0.234 e. The Labute approximate surface area is 201 Å². The summed E-state index contributed by atoms with van der Waals surface area (Å²) >= 11 is 1.35. The first kappa shape index (κ1) is 21.7. The minimum Gasteiger partial charge on any atom is -0.467 e. The highest BCUT2D eigenvalue weighted by molar-refractivity contribution is 7.99. The molecule has 6 nitrogen and oxygen atoms in total. The number of nitrogens with one attached hydrogen (secondary N) is 1. The second-order valence-corrected chi connectivity index (χ2v) is 8.53. The van der Waals surface area contributed by atoms with Crippen molar-refractivity contribution >= 4 is 23.4 Å². The fourth-order valence-corrected chi connectivity index (χ4v) is 4.41. The van der Waals surface area contributed by atoms with Crippen LogP contribution in [0.25, 0.3) is 22.5 Å². The van der Waals surface area contributed by atoms with Crippen LogP contribution in [0.3, 0.4) is 0 Å². The van der Waals surface area contributed by atoms with Crippen molar-refractivity contribution in [2.24, 2.45) is 0 Å². The molecule has 5 rings (SSSR count). The molecule has 0 atom stereocenters. The Hall–Kier alpha value is -4.10.